The van der Waals surface area contributed by atoms with E-state index in [1.54, 1.807) is 37.7 Å². The van der Waals surface area contributed by atoms with Crippen LogP contribution in [0.4, 0.5) is 5.00 Å². The highest BCUT2D eigenvalue weighted by molar-refractivity contribution is 7.17. The number of hydrogen-bond donors (Lipinski definition) is 1. The molecule has 2 heterocycles. The fraction of sp³-hybridized carbons (Fsp3) is 0.516. The number of nitrogens with one attached hydrogen (secondary N) is 1. The van der Waals surface area contributed by atoms with Gasteiger partial charge in [0.1, 0.15) is 6.10 Å². The van der Waals surface area contributed by atoms with Gasteiger partial charge in [-0.1, -0.05) is 13.8 Å². The SMILES string of the molecule is CCN(CC)CCCNC(=O)CCC(=O)OC1CCN(c2ccc(C=C(C#N)c3ccc(OC)c(OC)c3)s2)CC1.Cl. The third-order valence-corrected chi connectivity index (χ3v) is 8.28. The maximum atomic E-state index is 12.3. The maximum absolute atomic E-state index is 12.3. The predicted octanol–water partition coefficient (Wildman–Crippen LogP) is 5.39. The third-order valence-electron chi connectivity index (χ3n) is 7.19. The van der Waals surface area contributed by atoms with Gasteiger partial charge in [-0.3, -0.25) is 9.59 Å². The first-order valence-corrected chi connectivity index (χ1v) is 15.1. The number of esters is 1. The number of nitriles is 1. The summed E-state index contributed by atoms with van der Waals surface area (Å²) >= 11 is 1.62. The molecule has 9 nitrogen and oxygen atoms in total. The van der Waals surface area contributed by atoms with E-state index in [-0.39, 0.29) is 43.2 Å². The number of allylic oxidation sites excluding steroid dienone is 1. The zero-order chi connectivity index (χ0) is 29.6. The van der Waals surface area contributed by atoms with E-state index < -0.39 is 0 Å². The predicted molar refractivity (Wildman–Crippen MR) is 171 cm³/mol. The second-order valence-corrected chi connectivity index (χ2v) is 10.9. The summed E-state index contributed by atoms with van der Waals surface area (Å²) in [6.45, 7) is 9.39. The number of anilines is 1. The fourth-order valence-electron chi connectivity index (χ4n) is 4.73. The molecule has 0 spiro atoms. The van der Waals surface area contributed by atoms with Crippen molar-refractivity contribution in [2.24, 2.45) is 0 Å². The number of rotatable bonds is 15. The molecule has 230 valence electrons. The molecule has 42 heavy (non-hydrogen) atoms. The minimum Gasteiger partial charge on any atom is -0.493 e. The van der Waals surface area contributed by atoms with Crippen molar-refractivity contribution >= 4 is 52.3 Å². The summed E-state index contributed by atoms with van der Waals surface area (Å²) in [6, 6.07) is 11.8. The van der Waals surface area contributed by atoms with E-state index in [4.69, 9.17) is 14.2 Å². The smallest absolute Gasteiger partial charge is 0.306 e. The normalized spacial score (nSPS) is 13.7. The van der Waals surface area contributed by atoms with Gasteiger partial charge in [0.05, 0.1) is 37.3 Å². The fourth-order valence-corrected chi connectivity index (χ4v) is 5.73. The van der Waals surface area contributed by atoms with Crippen LogP contribution in [0.15, 0.2) is 30.3 Å². The van der Waals surface area contributed by atoms with Gasteiger partial charge >= 0.3 is 5.97 Å². The van der Waals surface area contributed by atoms with Gasteiger partial charge in [0.15, 0.2) is 11.5 Å². The molecule has 0 radical (unpaired) electrons. The van der Waals surface area contributed by atoms with Gasteiger partial charge in [-0.2, -0.15) is 5.26 Å². The van der Waals surface area contributed by atoms with Crippen molar-refractivity contribution in [1.29, 1.82) is 5.26 Å². The number of benzene rings is 1. The van der Waals surface area contributed by atoms with Gasteiger partial charge in [-0.05, 0) is 68.0 Å². The van der Waals surface area contributed by atoms with Crippen LogP contribution in [0.25, 0.3) is 11.6 Å². The van der Waals surface area contributed by atoms with E-state index in [9.17, 15) is 14.9 Å². The Bertz CT molecular complexity index is 1220. The lowest BCUT2D eigenvalue weighted by atomic mass is 10.1. The third kappa shape index (κ3) is 10.5. The Balaban J connectivity index is 0.00000616. The second kappa shape index (κ2) is 18.3. The van der Waals surface area contributed by atoms with Crippen LogP contribution in [0, 0.1) is 11.3 Å². The van der Waals surface area contributed by atoms with E-state index in [1.807, 2.05) is 18.2 Å². The number of ether oxygens (including phenoxy) is 3. The molecule has 1 N–H and O–H groups in total. The molecule has 1 fully saturated rings. The Morgan fingerprint density at radius 3 is 2.45 bits per heavy atom. The number of nitrogens with zero attached hydrogens (tertiary/aromatic N) is 3. The summed E-state index contributed by atoms with van der Waals surface area (Å²) in [5.41, 5.74) is 1.30. The van der Waals surface area contributed by atoms with Crippen molar-refractivity contribution in [3.63, 3.8) is 0 Å². The van der Waals surface area contributed by atoms with E-state index in [0.29, 0.717) is 23.6 Å². The van der Waals surface area contributed by atoms with Crippen molar-refractivity contribution in [3.8, 4) is 17.6 Å². The van der Waals surface area contributed by atoms with Gasteiger partial charge in [-0.25, -0.2) is 0 Å². The van der Waals surface area contributed by atoms with Crippen LogP contribution in [0.3, 0.4) is 0 Å². The molecule has 11 heteroatoms. The van der Waals surface area contributed by atoms with Crippen LogP contribution in [0.2, 0.25) is 0 Å². The minimum atomic E-state index is -0.315. The van der Waals surface area contributed by atoms with Crippen LogP contribution in [0.5, 0.6) is 11.5 Å². The lowest BCUT2D eigenvalue weighted by Gasteiger charge is -2.32. The Morgan fingerprint density at radius 2 is 1.81 bits per heavy atom. The molecule has 1 aliphatic rings. The average Bonchev–Trinajstić information content (AvgIpc) is 3.47. The van der Waals surface area contributed by atoms with Gasteiger partial charge in [-0.15, -0.1) is 23.7 Å². The van der Waals surface area contributed by atoms with Crippen molar-refractivity contribution in [1.82, 2.24) is 10.2 Å². The van der Waals surface area contributed by atoms with Crippen LogP contribution >= 0.6 is 23.7 Å². The molecule has 3 rings (SSSR count). The van der Waals surface area contributed by atoms with Crippen molar-refractivity contribution < 1.29 is 23.8 Å². The number of carbonyl (C=O) groups is 2. The largest absolute Gasteiger partial charge is 0.493 e. The first-order valence-electron chi connectivity index (χ1n) is 14.3. The molecular weight excluding hydrogens is 576 g/mol. The van der Waals surface area contributed by atoms with E-state index in [2.05, 4.69) is 41.1 Å². The van der Waals surface area contributed by atoms with Gasteiger partial charge in [0.25, 0.3) is 0 Å². The number of carbonyl (C=O) groups excluding carboxylic acids is 2. The molecule has 1 aliphatic heterocycles. The summed E-state index contributed by atoms with van der Waals surface area (Å²) in [5, 5.41) is 13.8. The number of piperidine rings is 1. The number of amides is 1. The average molecular weight is 619 g/mol. The van der Waals surface area contributed by atoms with Crippen LogP contribution in [0.1, 0.15) is 56.4 Å². The molecule has 1 aromatic heterocycles. The Morgan fingerprint density at radius 1 is 1.10 bits per heavy atom. The van der Waals surface area contributed by atoms with E-state index in [0.717, 1.165) is 67.4 Å². The summed E-state index contributed by atoms with van der Waals surface area (Å²) < 4.78 is 16.3. The Kier molecular flexibility index (Phi) is 15.2. The number of methoxy groups -OCH3 is 2. The van der Waals surface area contributed by atoms with Crippen LogP contribution in [-0.4, -0.2) is 76.4 Å². The second-order valence-electron chi connectivity index (χ2n) is 9.82. The standard InChI is InChI=1S/C31H42N4O5S.ClH/c1-5-34(6-2)17-7-16-33-29(36)11-13-31(37)40-25-14-18-35(19-15-25)30-12-9-26(41-30)20-24(22-32)23-8-10-27(38-3)28(21-23)39-4;/h8-10,12,20-21,25H,5-7,11,13-19H2,1-4H3,(H,33,36);1H. The lowest BCUT2D eigenvalue weighted by molar-refractivity contribution is -0.151. The lowest BCUT2D eigenvalue weighted by Crippen LogP contribution is -2.37. The molecular formula is C31H43ClN4O5S. The minimum absolute atomic E-state index is 0. The van der Waals surface area contributed by atoms with Crippen LogP contribution in [-0.2, 0) is 14.3 Å². The van der Waals surface area contributed by atoms with E-state index in [1.165, 1.54) is 0 Å². The monoisotopic (exact) mass is 618 g/mol. The molecule has 0 unspecified atom stereocenters. The quantitative estimate of drug-likeness (QED) is 0.161. The first-order chi connectivity index (χ1) is 19.9. The molecule has 1 aromatic carbocycles. The molecule has 2 aromatic rings. The highest BCUT2D eigenvalue weighted by atomic mass is 35.5. The van der Waals surface area contributed by atoms with Crippen molar-refractivity contribution in [2.75, 3.05) is 58.4 Å². The highest BCUT2D eigenvalue weighted by Gasteiger charge is 2.23. The summed E-state index contributed by atoms with van der Waals surface area (Å²) in [4.78, 5) is 30.0. The summed E-state index contributed by atoms with van der Waals surface area (Å²) in [7, 11) is 3.15. The molecule has 1 saturated heterocycles. The highest BCUT2D eigenvalue weighted by Crippen LogP contribution is 2.34. The number of halogens is 1. The Hall–Kier alpha value is -3.26. The number of hydrogen-bond acceptors (Lipinski definition) is 9. The summed E-state index contributed by atoms with van der Waals surface area (Å²) in [6.07, 6.45) is 4.38. The van der Waals surface area contributed by atoms with E-state index >= 15 is 0 Å². The first kappa shape index (κ1) is 34.9. The molecule has 0 atom stereocenters. The summed E-state index contributed by atoms with van der Waals surface area (Å²) in [5.74, 6) is 0.767. The number of thiophene rings is 1. The maximum Gasteiger partial charge on any atom is 0.306 e. The topological polar surface area (TPSA) is 104 Å². The molecule has 0 saturated carbocycles. The zero-order valence-corrected chi connectivity index (χ0v) is 26.7. The van der Waals surface area contributed by atoms with Gasteiger partial charge < -0.3 is 29.3 Å². The zero-order valence-electron chi connectivity index (χ0n) is 25.0. The van der Waals surface area contributed by atoms with Crippen molar-refractivity contribution in [2.45, 2.75) is 52.1 Å². The molecule has 1 amide bonds. The van der Waals surface area contributed by atoms with Crippen molar-refractivity contribution in [3.05, 3.63) is 40.8 Å². The van der Waals surface area contributed by atoms with Gasteiger partial charge in [0, 0.05) is 43.8 Å². The van der Waals surface area contributed by atoms with Crippen LogP contribution < -0.4 is 19.7 Å². The molecule has 0 bridgehead atoms. The van der Waals surface area contributed by atoms with Gasteiger partial charge in [0.2, 0.25) is 5.91 Å². The Labute approximate surface area is 259 Å². The molecule has 0 aliphatic carbocycles.